The lowest BCUT2D eigenvalue weighted by Gasteiger charge is -2.08. The van der Waals surface area contributed by atoms with Gasteiger partial charge < -0.3 is 11.1 Å². The van der Waals surface area contributed by atoms with Gasteiger partial charge in [-0.25, -0.2) is 4.39 Å². The number of halogens is 1. The molecule has 0 aliphatic carbocycles. The highest BCUT2D eigenvalue weighted by Gasteiger charge is 1.99. The second-order valence-electron chi connectivity index (χ2n) is 4.58. The standard InChI is InChI=1S/C16H19FN2/c1-2-12-3-5-13(6-4-12)9-10-19-14-7-8-16(18)15(17)11-14/h3-8,11,19H,2,9-10,18H2,1H3. The van der Waals surface area contributed by atoms with E-state index in [4.69, 9.17) is 5.73 Å². The van der Waals surface area contributed by atoms with E-state index in [1.54, 1.807) is 12.1 Å². The van der Waals surface area contributed by atoms with Crippen LogP contribution in [0.2, 0.25) is 0 Å². The van der Waals surface area contributed by atoms with Crippen LogP contribution in [0.25, 0.3) is 0 Å². The van der Waals surface area contributed by atoms with Crippen LogP contribution in [-0.2, 0) is 12.8 Å². The fourth-order valence-electron chi connectivity index (χ4n) is 1.93. The molecule has 3 N–H and O–H groups in total. The third kappa shape index (κ3) is 3.71. The average Bonchev–Trinajstić information content (AvgIpc) is 2.43. The Hall–Kier alpha value is -2.03. The summed E-state index contributed by atoms with van der Waals surface area (Å²) >= 11 is 0. The number of nitrogens with two attached hydrogens (primary N) is 1. The maximum atomic E-state index is 13.2. The molecular weight excluding hydrogens is 239 g/mol. The van der Waals surface area contributed by atoms with Gasteiger partial charge in [-0.2, -0.15) is 0 Å². The molecule has 0 atom stereocenters. The normalized spacial score (nSPS) is 10.4. The molecule has 2 rings (SSSR count). The molecule has 0 fully saturated rings. The Balaban J connectivity index is 1.86. The molecule has 19 heavy (non-hydrogen) atoms. The van der Waals surface area contributed by atoms with Crippen LogP contribution in [0.3, 0.4) is 0 Å². The zero-order chi connectivity index (χ0) is 13.7. The van der Waals surface area contributed by atoms with Gasteiger partial charge in [0.15, 0.2) is 0 Å². The summed E-state index contributed by atoms with van der Waals surface area (Å²) in [6.45, 7) is 2.92. The van der Waals surface area contributed by atoms with Gasteiger partial charge in [0.05, 0.1) is 5.69 Å². The molecule has 0 bridgehead atoms. The molecule has 0 aliphatic heterocycles. The SMILES string of the molecule is CCc1ccc(CCNc2ccc(N)c(F)c2)cc1. The summed E-state index contributed by atoms with van der Waals surface area (Å²) in [6.07, 6.45) is 1.97. The van der Waals surface area contributed by atoms with Gasteiger partial charge in [0.1, 0.15) is 5.82 Å². The molecule has 0 aromatic heterocycles. The van der Waals surface area contributed by atoms with Crippen molar-refractivity contribution in [3.63, 3.8) is 0 Å². The van der Waals surface area contributed by atoms with Crippen molar-refractivity contribution in [3.8, 4) is 0 Å². The molecule has 0 unspecified atom stereocenters. The molecule has 0 spiro atoms. The van der Waals surface area contributed by atoms with Crippen molar-refractivity contribution in [1.29, 1.82) is 0 Å². The van der Waals surface area contributed by atoms with Crippen molar-refractivity contribution < 1.29 is 4.39 Å². The van der Waals surface area contributed by atoms with Crippen LogP contribution in [0.1, 0.15) is 18.1 Å². The minimum absolute atomic E-state index is 0.181. The highest BCUT2D eigenvalue weighted by Crippen LogP contribution is 2.16. The number of benzene rings is 2. The van der Waals surface area contributed by atoms with Gasteiger partial charge in [0.2, 0.25) is 0 Å². The number of hydrogen-bond donors (Lipinski definition) is 2. The molecule has 100 valence electrons. The van der Waals surface area contributed by atoms with Gasteiger partial charge in [-0.15, -0.1) is 0 Å². The first kappa shape index (κ1) is 13.4. The maximum absolute atomic E-state index is 13.2. The van der Waals surface area contributed by atoms with Crippen LogP contribution in [0.5, 0.6) is 0 Å². The first-order valence-electron chi connectivity index (χ1n) is 6.55. The van der Waals surface area contributed by atoms with Crippen LogP contribution in [0.4, 0.5) is 15.8 Å². The molecule has 0 saturated heterocycles. The third-order valence-corrected chi connectivity index (χ3v) is 3.17. The van der Waals surface area contributed by atoms with Crippen LogP contribution < -0.4 is 11.1 Å². The summed E-state index contributed by atoms with van der Waals surface area (Å²) in [4.78, 5) is 0. The van der Waals surface area contributed by atoms with Crippen molar-refractivity contribution in [2.24, 2.45) is 0 Å². The van der Waals surface area contributed by atoms with Crippen molar-refractivity contribution in [2.75, 3.05) is 17.6 Å². The Bertz CT molecular complexity index is 535. The Kier molecular flexibility index (Phi) is 4.39. The topological polar surface area (TPSA) is 38.0 Å². The molecule has 2 aromatic rings. The Morgan fingerprint density at radius 1 is 1.05 bits per heavy atom. The fourth-order valence-corrected chi connectivity index (χ4v) is 1.93. The van der Waals surface area contributed by atoms with Gasteiger partial charge >= 0.3 is 0 Å². The van der Waals surface area contributed by atoms with Crippen LogP contribution >= 0.6 is 0 Å². The van der Waals surface area contributed by atoms with E-state index in [1.165, 1.54) is 17.2 Å². The Morgan fingerprint density at radius 2 is 1.74 bits per heavy atom. The first-order valence-corrected chi connectivity index (χ1v) is 6.55. The van der Waals surface area contributed by atoms with E-state index in [0.29, 0.717) is 0 Å². The summed E-state index contributed by atoms with van der Waals surface area (Å²) in [5.41, 5.74) is 9.00. The summed E-state index contributed by atoms with van der Waals surface area (Å²) in [6, 6.07) is 13.4. The zero-order valence-electron chi connectivity index (χ0n) is 11.1. The Morgan fingerprint density at radius 3 is 2.37 bits per heavy atom. The Labute approximate surface area is 113 Å². The molecular formula is C16H19FN2. The lowest BCUT2D eigenvalue weighted by Crippen LogP contribution is -2.05. The molecule has 3 heteroatoms. The zero-order valence-corrected chi connectivity index (χ0v) is 11.1. The molecule has 0 radical (unpaired) electrons. The fraction of sp³-hybridized carbons (Fsp3) is 0.250. The van der Waals surface area contributed by atoms with Gasteiger partial charge in [-0.3, -0.25) is 0 Å². The highest BCUT2D eigenvalue weighted by atomic mass is 19.1. The second kappa shape index (κ2) is 6.23. The molecule has 0 amide bonds. The van der Waals surface area contributed by atoms with E-state index in [-0.39, 0.29) is 11.5 Å². The van der Waals surface area contributed by atoms with Gasteiger partial charge in [-0.05, 0) is 42.2 Å². The van der Waals surface area contributed by atoms with Crippen molar-refractivity contribution >= 4 is 11.4 Å². The number of hydrogen-bond acceptors (Lipinski definition) is 2. The molecule has 0 heterocycles. The number of rotatable bonds is 5. The minimum Gasteiger partial charge on any atom is -0.396 e. The first-order chi connectivity index (χ1) is 9.19. The third-order valence-electron chi connectivity index (χ3n) is 3.17. The van der Waals surface area contributed by atoms with Crippen LogP contribution in [-0.4, -0.2) is 6.54 Å². The summed E-state index contributed by atoms with van der Waals surface area (Å²) in [5, 5.41) is 3.19. The second-order valence-corrected chi connectivity index (χ2v) is 4.58. The number of nitrogen functional groups attached to an aromatic ring is 1. The minimum atomic E-state index is -0.378. The van der Waals surface area contributed by atoms with Crippen LogP contribution in [0.15, 0.2) is 42.5 Å². The van der Waals surface area contributed by atoms with Crippen molar-refractivity contribution in [1.82, 2.24) is 0 Å². The van der Waals surface area contributed by atoms with E-state index < -0.39 is 0 Å². The monoisotopic (exact) mass is 258 g/mol. The van der Waals surface area contributed by atoms with E-state index >= 15 is 0 Å². The quantitative estimate of drug-likeness (QED) is 0.804. The molecule has 0 aliphatic rings. The average molecular weight is 258 g/mol. The smallest absolute Gasteiger partial charge is 0.148 e. The summed E-state index contributed by atoms with van der Waals surface area (Å²) in [7, 11) is 0. The van der Waals surface area contributed by atoms with Crippen molar-refractivity contribution in [3.05, 3.63) is 59.4 Å². The maximum Gasteiger partial charge on any atom is 0.148 e. The van der Waals surface area contributed by atoms with E-state index in [1.807, 2.05) is 0 Å². The molecule has 2 aromatic carbocycles. The predicted octanol–water partition coefficient (Wildman–Crippen LogP) is 3.62. The van der Waals surface area contributed by atoms with E-state index in [2.05, 4.69) is 36.5 Å². The predicted molar refractivity (Wildman–Crippen MR) is 78.8 cm³/mol. The summed E-state index contributed by atoms with van der Waals surface area (Å²) in [5.74, 6) is -0.378. The highest BCUT2D eigenvalue weighted by molar-refractivity contribution is 5.52. The van der Waals surface area contributed by atoms with Gasteiger partial charge in [0, 0.05) is 12.2 Å². The van der Waals surface area contributed by atoms with E-state index in [9.17, 15) is 4.39 Å². The lowest BCUT2D eigenvalue weighted by molar-refractivity contribution is 0.633. The molecule has 0 saturated carbocycles. The van der Waals surface area contributed by atoms with Gasteiger partial charge in [-0.1, -0.05) is 31.2 Å². The van der Waals surface area contributed by atoms with E-state index in [0.717, 1.165) is 25.1 Å². The number of aryl methyl sites for hydroxylation is 1. The number of anilines is 2. The van der Waals surface area contributed by atoms with Gasteiger partial charge in [0.25, 0.3) is 0 Å². The van der Waals surface area contributed by atoms with Crippen LogP contribution in [0, 0.1) is 5.82 Å². The largest absolute Gasteiger partial charge is 0.396 e. The lowest BCUT2D eigenvalue weighted by atomic mass is 10.1. The van der Waals surface area contributed by atoms with Crippen molar-refractivity contribution in [2.45, 2.75) is 19.8 Å². The number of nitrogens with one attached hydrogen (secondary N) is 1. The summed E-state index contributed by atoms with van der Waals surface area (Å²) < 4.78 is 13.2. The molecule has 2 nitrogen and oxygen atoms in total.